The standard InChI is InChI=1S/C16H16F2N4O5S/c1-2-6-22-11(19)10(12(24)21-16(22)26)9(23)7-27-14(25)8-4-3-5-20-13(8)28-15(17)18/h3-5,15H,2,6-7,19H2,1H3,(H,21,24,26). The number of nitrogens with one attached hydrogen (secondary N) is 1. The maximum absolute atomic E-state index is 12.6. The van der Waals surface area contributed by atoms with Crippen LogP contribution in [0.1, 0.15) is 34.1 Å². The zero-order valence-corrected chi connectivity index (χ0v) is 15.4. The van der Waals surface area contributed by atoms with Gasteiger partial charge in [-0.1, -0.05) is 6.92 Å². The van der Waals surface area contributed by atoms with Crippen LogP contribution in [0, 0.1) is 0 Å². The number of thioether (sulfide) groups is 1. The van der Waals surface area contributed by atoms with Crippen LogP contribution < -0.4 is 17.0 Å². The van der Waals surface area contributed by atoms with Crippen LogP contribution in [0.5, 0.6) is 0 Å². The average molecular weight is 414 g/mol. The van der Waals surface area contributed by atoms with E-state index in [9.17, 15) is 28.0 Å². The van der Waals surface area contributed by atoms with Gasteiger partial charge in [0.1, 0.15) is 16.4 Å². The Hall–Kier alpha value is -3.02. The van der Waals surface area contributed by atoms with Crippen molar-refractivity contribution in [1.82, 2.24) is 14.5 Å². The molecule has 0 saturated carbocycles. The Kier molecular flexibility index (Phi) is 7.04. The Bertz CT molecular complexity index is 1010. The molecule has 2 aromatic heterocycles. The summed E-state index contributed by atoms with van der Waals surface area (Å²) in [6, 6.07) is 2.56. The number of nitrogens with two attached hydrogens (primary N) is 1. The summed E-state index contributed by atoms with van der Waals surface area (Å²) < 4.78 is 31.0. The summed E-state index contributed by atoms with van der Waals surface area (Å²) in [4.78, 5) is 53.8. The van der Waals surface area contributed by atoms with E-state index in [2.05, 4.69) is 4.98 Å². The number of ketones is 1. The van der Waals surface area contributed by atoms with Gasteiger partial charge in [-0.15, -0.1) is 0 Å². The smallest absolute Gasteiger partial charge is 0.341 e. The van der Waals surface area contributed by atoms with Crippen LogP contribution in [0.2, 0.25) is 0 Å². The molecule has 0 unspecified atom stereocenters. The number of hydrogen-bond acceptors (Lipinski definition) is 8. The van der Waals surface area contributed by atoms with E-state index < -0.39 is 40.9 Å². The van der Waals surface area contributed by atoms with Gasteiger partial charge < -0.3 is 10.5 Å². The largest absolute Gasteiger partial charge is 0.454 e. The lowest BCUT2D eigenvalue weighted by Gasteiger charge is -2.11. The van der Waals surface area contributed by atoms with Crippen molar-refractivity contribution < 1.29 is 23.1 Å². The van der Waals surface area contributed by atoms with Crippen molar-refractivity contribution in [3.05, 3.63) is 50.3 Å². The lowest BCUT2D eigenvalue weighted by Crippen LogP contribution is -2.37. The Balaban J connectivity index is 2.22. The fourth-order valence-electron chi connectivity index (χ4n) is 2.31. The number of aromatic nitrogens is 3. The van der Waals surface area contributed by atoms with Crippen molar-refractivity contribution in [3.63, 3.8) is 0 Å². The Morgan fingerprint density at radius 3 is 2.75 bits per heavy atom. The van der Waals surface area contributed by atoms with Crippen molar-refractivity contribution in [3.8, 4) is 0 Å². The van der Waals surface area contributed by atoms with Gasteiger partial charge in [0, 0.05) is 12.7 Å². The lowest BCUT2D eigenvalue weighted by molar-refractivity contribution is 0.0470. The van der Waals surface area contributed by atoms with Gasteiger partial charge in [-0.2, -0.15) is 8.78 Å². The van der Waals surface area contributed by atoms with E-state index in [-0.39, 0.29) is 34.7 Å². The lowest BCUT2D eigenvalue weighted by atomic mass is 10.2. The van der Waals surface area contributed by atoms with Crippen molar-refractivity contribution in [1.29, 1.82) is 0 Å². The molecule has 0 atom stereocenters. The second-order valence-electron chi connectivity index (χ2n) is 5.41. The van der Waals surface area contributed by atoms with Crippen molar-refractivity contribution >= 4 is 29.3 Å². The highest BCUT2D eigenvalue weighted by atomic mass is 32.2. The molecule has 2 rings (SSSR count). The van der Waals surface area contributed by atoms with Crippen molar-refractivity contribution in [2.75, 3.05) is 12.3 Å². The normalized spacial score (nSPS) is 10.9. The second-order valence-corrected chi connectivity index (χ2v) is 6.38. The highest BCUT2D eigenvalue weighted by Gasteiger charge is 2.22. The van der Waals surface area contributed by atoms with Crippen molar-refractivity contribution in [2.45, 2.75) is 30.7 Å². The Morgan fingerprint density at radius 1 is 1.39 bits per heavy atom. The second kappa shape index (κ2) is 9.26. The summed E-state index contributed by atoms with van der Waals surface area (Å²) in [6.45, 7) is 1.07. The molecule has 9 nitrogen and oxygen atoms in total. The first kappa shape index (κ1) is 21.3. The van der Waals surface area contributed by atoms with Gasteiger partial charge in [0.05, 0.1) is 5.56 Å². The van der Waals surface area contributed by atoms with E-state index in [0.29, 0.717) is 6.42 Å². The third-order valence-electron chi connectivity index (χ3n) is 3.49. The summed E-state index contributed by atoms with van der Waals surface area (Å²) in [5, 5.41) is -0.260. The number of carbonyl (C=O) groups is 2. The number of nitrogen functional groups attached to an aromatic ring is 1. The SMILES string of the molecule is CCCn1c(N)c(C(=O)COC(=O)c2cccnc2SC(F)F)c(=O)[nH]c1=O. The number of ether oxygens (including phenoxy) is 1. The predicted molar refractivity (Wildman–Crippen MR) is 96.7 cm³/mol. The van der Waals surface area contributed by atoms with E-state index in [0.717, 1.165) is 4.57 Å². The molecule has 3 N–H and O–H groups in total. The number of anilines is 1. The highest BCUT2D eigenvalue weighted by molar-refractivity contribution is 7.99. The predicted octanol–water partition coefficient (Wildman–Crippen LogP) is 1.28. The number of Topliss-reactive ketones (excluding diaryl/α,β-unsaturated/α-hetero) is 1. The molecule has 0 aliphatic heterocycles. The average Bonchev–Trinajstić information content (AvgIpc) is 2.63. The maximum Gasteiger partial charge on any atom is 0.341 e. The molecular formula is C16H16F2N4O5S. The fraction of sp³-hybridized carbons (Fsp3) is 0.312. The summed E-state index contributed by atoms with van der Waals surface area (Å²) in [7, 11) is 0. The number of halogens is 2. The van der Waals surface area contributed by atoms with Gasteiger partial charge in [0.25, 0.3) is 11.3 Å². The van der Waals surface area contributed by atoms with Crippen LogP contribution in [-0.2, 0) is 11.3 Å². The third-order valence-corrected chi connectivity index (χ3v) is 4.22. The zero-order valence-electron chi connectivity index (χ0n) is 14.6. The van der Waals surface area contributed by atoms with E-state index in [1.165, 1.54) is 18.3 Å². The van der Waals surface area contributed by atoms with Crippen LogP contribution in [-0.4, -0.2) is 38.7 Å². The number of hydrogen-bond donors (Lipinski definition) is 2. The topological polar surface area (TPSA) is 137 Å². The third kappa shape index (κ3) is 4.82. The van der Waals surface area contributed by atoms with E-state index in [1.54, 1.807) is 6.92 Å². The maximum atomic E-state index is 12.6. The van der Waals surface area contributed by atoms with Gasteiger partial charge >= 0.3 is 11.7 Å². The minimum Gasteiger partial charge on any atom is -0.454 e. The quantitative estimate of drug-likeness (QED) is 0.374. The summed E-state index contributed by atoms with van der Waals surface area (Å²) >= 11 is 0.0547. The molecule has 0 spiro atoms. The molecule has 28 heavy (non-hydrogen) atoms. The number of pyridine rings is 1. The zero-order chi connectivity index (χ0) is 20.8. The monoisotopic (exact) mass is 414 g/mol. The van der Waals surface area contributed by atoms with Crippen LogP contribution in [0.4, 0.5) is 14.6 Å². The van der Waals surface area contributed by atoms with Gasteiger partial charge in [-0.3, -0.25) is 19.1 Å². The van der Waals surface area contributed by atoms with E-state index in [4.69, 9.17) is 10.5 Å². The summed E-state index contributed by atoms with van der Waals surface area (Å²) in [5.41, 5.74) is 3.21. The summed E-state index contributed by atoms with van der Waals surface area (Å²) in [5.74, 6) is -5.15. The van der Waals surface area contributed by atoms with Gasteiger partial charge in [-0.25, -0.2) is 14.6 Å². The number of H-pyrrole nitrogens is 1. The first-order chi connectivity index (χ1) is 13.3. The number of esters is 1. The van der Waals surface area contributed by atoms with Gasteiger partial charge in [0.15, 0.2) is 6.61 Å². The molecule has 0 aliphatic rings. The summed E-state index contributed by atoms with van der Waals surface area (Å²) in [6.07, 6.45) is 1.74. The molecule has 2 aromatic rings. The molecule has 0 aliphatic carbocycles. The molecular weight excluding hydrogens is 398 g/mol. The molecule has 2 heterocycles. The molecule has 0 fully saturated rings. The van der Waals surface area contributed by atoms with Crippen molar-refractivity contribution in [2.24, 2.45) is 0 Å². The molecule has 0 radical (unpaired) electrons. The molecule has 12 heteroatoms. The number of carbonyl (C=O) groups excluding carboxylic acids is 2. The highest BCUT2D eigenvalue weighted by Crippen LogP contribution is 2.26. The number of rotatable bonds is 8. The van der Waals surface area contributed by atoms with Gasteiger partial charge in [0.2, 0.25) is 5.78 Å². The number of aromatic amines is 1. The Labute approximate surface area is 160 Å². The Morgan fingerprint density at radius 2 is 2.11 bits per heavy atom. The fourth-order valence-corrected chi connectivity index (χ4v) is 2.88. The van der Waals surface area contributed by atoms with E-state index >= 15 is 0 Å². The molecule has 0 aromatic carbocycles. The van der Waals surface area contributed by atoms with Gasteiger partial charge in [-0.05, 0) is 30.3 Å². The van der Waals surface area contributed by atoms with E-state index in [1.807, 2.05) is 4.98 Å². The van der Waals surface area contributed by atoms with Crippen LogP contribution >= 0.6 is 11.8 Å². The minimum atomic E-state index is -2.80. The van der Waals surface area contributed by atoms with Crippen LogP contribution in [0.15, 0.2) is 32.9 Å². The molecule has 150 valence electrons. The first-order valence-corrected chi connectivity index (χ1v) is 8.87. The molecule has 0 amide bonds. The molecule has 0 saturated heterocycles. The first-order valence-electron chi connectivity index (χ1n) is 7.99. The molecule has 0 bridgehead atoms. The van der Waals surface area contributed by atoms with Crippen LogP contribution in [0.25, 0.3) is 0 Å². The minimum absolute atomic E-state index is 0.0547. The number of alkyl halides is 2. The number of nitrogens with zero attached hydrogens (tertiary/aromatic N) is 2. The van der Waals surface area contributed by atoms with Crippen LogP contribution in [0.3, 0.4) is 0 Å².